The van der Waals surface area contributed by atoms with E-state index >= 15 is 0 Å². The summed E-state index contributed by atoms with van der Waals surface area (Å²) in [5.41, 5.74) is 1.62. The van der Waals surface area contributed by atoms with E-state index in [1.54, 1.807) is 20.0 Å². The molecule has 90 valence electrons. The zero-order valence-corrected chi connectivity index (χ0v) is 11.2. The molecular formula is C11H16ClNO2S. The van der Waals surface area contributed by atoms with E-state index in [4.69, 9.17) is 11.6 Å². The van der Waals surface area contributed by atoms with Crippen molar-refractivity contribution in [1.82, 2.24) is 0 Å². The Labute approximate surface area is 102 Å². The third-order valence-electron chi connectivity index (χ3n) is 2.56. The van der Waals surface area contributed by atoms with Gasteiger partial charge in [-0.2, -0.15) is 0 Å². The van der Waals surface area contributed by atoms with Crippen molar-refractivity contribution in [2.75, 3.05) is 17.2 Å². The molecule has 5 heteroatoms. The Bertz CT molecular complexity index is 459. The summed E-state index contributed by atoms with van der Waals surface area (Å²) in [4.78, 5) is 0. The summed E-state index contributed by atoms with van der Waals surface area (Å²) >= 11 is 5.60. The van der Waals surface area contributed by atoms with E-state index in [0.717, 1.165) is 5.56 Å². The van der Waals surface area contributed by atoms with Gasteiger partial charge in [0.2, 0.25) is 10.0 Å². The second-order valence-electron chi connectivity index (χ2n) is 3.76. The molecule has 1 atom stereocenters. The monoisotopic (exact) mass is 261 g/mol. The number of alkyl halides is 1. The molecule has 1 unspecified atom stereocenters. The first-order valence-electron chi connectivity index (χ1n) is 5.00. The average molecular weight is 262 g/mol. The number of halogens is 1. The molecule has 0 bridgehead atoms. The molecule has 1 rings (SSSR count). The van der Waals surface area contributed by atoms with Gasteiger partial charge in [0.05, 0.1) is 10.9 Å². The van der Waals surface area contributed by atoms with E-state index in [1.807, 2.05) is 25.1 Å². The van der Waals surface area contributed by atoms with Crippen LogP contribution in [0.25, 0.3) is 0 Å². The minimum atomic E-state index is -3.36. The molecule has 0 amide bonds. The van der Waals surface area contributed by atoms with Crippen molar-refractivity contribution in [2.24, 2.45) is 0 Å². The van der Waals surface area contributed by atoms with Crippen LogP contribution in [0.2, 0.25) is 0 Å². The number of nitrogens with zero attached hydrogens (tertiary/aromatic N) is 1. The molecule has 16 heavy (non-hydrogen) atoms. The fourth-order valence-electron chi connectivity index (χ4n) is 1.40. The van der Waals surface area contributed by atoms with E-state index in [0.29, 0.717) is 5.69 Å². The topological polar surface area (TPSA) is 37.4 Å². The predicted molar refractivity (Wildman–Crippen MR) is 68.7 cm³/mol. The molecule has 1 aromatic rings. The molecule has 0 spiro atoms. The van der Waals surface area contributed by atoms with Crippen LogP contribution in [0.1, 0.15) is 12.5 Å². The number of rotatable bonds is 4. The van der Waals surface area contributed by atoms with Gasteiger partial charge in [-0.15, -0.1) is 11.6 Å². The summed E-state index contributed by atoms with van der Waals surface area (Å²) in [6.07, 6.45) is 0. The molecule has 0 fully saturated rings. The number of hydrogen-bond donors (Lipinski definition) is 0. The fourth-order valence-corrected chi connectivity index (χ4v) is 3.06. The first kappa shape index (κ1) is 13.3. The molecule has 0 saturated carbocycles. The van der Waals surface area contributed by atoms with Crippen LogP contribution in [0.15, 0.2) is 24.3 Å². The minimum absolute atomic E-state index is 0.0958. The number of anilines is 1. The summed E-state index contributed by atoms with van der Waals surface area (Å²) in [5.74, 6) is 0.0958. The molecule has 0 aliphatic rings. The van der Waals surface area contributed by atoms with Gasteiger partial charge in [0.25, 0.3) is 0 Å². The van der Waals surface area contributed by atoms with Gasteiger partial charge < -0.3 is 0 Å². The van der Waals surface area contributed by atoms with Gasteiger partial charge in [0.15, 0.2) is 0 Å². The van der Waals surface area contributed by atoms with Crippen LogP contribution < -0.4 is 4.31 Å². The molecule has 0 aromatic heterocycles. The van der Waals surface area contributed by atoms with Gasteiger partial charge in [-0.3, -0.25) is 4.31 Å². The minimum Gasteiger partial charge on any atom is -0.273 e. The highest BCUT2D eigenvalue weighted by Gasteiger charge is 2.26. The summed E-state index contributed by atoms with van der Waals surface area (Å²) in [6.45, 7) is 3.49. The lowest BCUT2D eigenvalue weighted by atomic mass is 10.2. The van der Waals surface area contributed by atoms with Crippen LogP contribution in [-0.2, 0) is 10.0 Å². The number of benzene rings is 1. The molecule has 0 radical (unpaired) electrons. The van der Waals surface area contributed by atoms with Crippen LogP contribution in [0.4, 0.5) is 5.69 Å². The van der Waals surface area contributed by atoms with E-state index in [2.05, 4.69) is 0 Å². The van der Waals surface area contributed by atoms with Crippen molar-refractivity contribution in [3.8, 4) is 0 Å². The second-order valence-corrected chi connectivity index (χ2v) is 6.45. The highest BCUT2D eigenvalue weighted by atomic mass is 35.5. The van der Waals surface area contributed by atoms with Gasteiger partial charge in [0, 0.05) is 12.9 Å². The molecule has 3 nitrogen and oxygen atoms in total. The summed E-state index contributed by atoms with van der Waals surface area (Å²) in [6, 6.07) is 7.37. The molecule has 1 aromatic carbocycles. The normalized spacial score (nSPS) is 13.5. The number of hydrogen-bond acceptors (Lipinski definition) is 2. The smallest absolute Gasteiger partial charge is 0.238 e. The lowest BCUT2D eigenvalue weighted by Gasteiger charge is -2.24. The van der Waals surface area contributed by atoms with E-state index in [9.17, 15) is 8.42 Å². The summed E-state index contributed by atoms with van der Waals surface area (Å²) in [5, 5.41) is -0.584. The highest BCUT2D eigenvalue weighted by molar-refractivity contribution is 7.93. The largest absolute Gasteiger partial charge is 0.273 e. The van der Waals surface area contributed by atoms with Crippen LogP contribution in [0.5, 0.6) is 0 Å². The maximum absolute atomic E-state index is 12.1. The Balaban J connectivity index is 3.13. The zero-order valence-electron chi connectivity index (χ0n) is 9.64. The molecular weight excluding hydrogens is 246 g/mol. The van der Waals surface area contributed by atoms with Gasteiger partial charge in [0.1, 0.15) is 0 Å². The summed E-state index contributed by atoms with van der Waals surface area (Å²) < 4.78 is 25.4. The maximum Gasteiger partial charge on any atom is 0.238 e. The van der Waals surface area contributed by atoms with Crippen molar-refractivity contribution in [3.05, 3.63) is 29.8 Å². The van der Waals surface area contributed by atoms with Crippen molar-refractivity contribution in [3.63, 3.8) is 0 Å². The highest BCUT2D eigenvalue weighted by Crippen LogP contribution is 2.22. The van der Waals surface area contributed by atoms with E-state index in [-0.39, 0.29) is 5.88 Å². The van der Waals surface area contributed by atoms with Gasteiger partial charge in [-0.05, 0) is 25.5 Å². The SMILES string of the molecule is Cc1ccccc1N(C)S(=O)(=O)C(C)CCl. The Hall–Kier alpha value is -0.740. The van der Waals surface area contributed by atoms with Crippen molar-refractivity contribution >= 4 is 27.3 Å². The van der Waals surface area contributed by atoms with Gasteiger partial charge in [-0.25, -0.2) is 8.42 Å². The molecule has 0 N–H and O–H groups in total. The summed E-state index contributed by atoms with van der Waals surface area (Å²) in [7, 11) is -1.81. The fraction of sp³-hybridized carbons (Fsp3) is 0.455. The van der Waals surface area contributed by atoms with Crippen LogP contribution in [0.3, 0.4) is 0 Å². The second kappa shape index (κ2) is 5.06. The number of aryl methyl sites for hydroxylation is 1. The Kier molecular flexibility index (Phi) is 4.21. The molecule has 0 heterocycles. The number of para-hydroxylation sites is 1. The van der Waals surface area contributed by atoms with Crippen molar-refractivity contribution < 1.29 is 8.42 Å². The Morgan fingerprint density at radius 3 is 2.44 bits per heavy atom. The van der Waals surface area contributed by atoms with Crippen molar-refractivity contribution in [1.29, 1.82) is 0 Å². The maximum atomic E-state index is 12.1. The van der Waals surface area contributed by atoms with Gasteiger partial charge >= 0.3 is 0 Å². The van der Waals surface area contributed by atoms with Crippen LogP contribution >= 0.6 is 11.6 Å². The molecule has 0 saturated heterocycles. The quantitative estimate of drug-likeness (QED) is 0.781. The number of sulfonamides is 1. The lowest BCUT2D eigenvalue weighted by molar-refractivity contribution is 0.586. The van der Waals surface area contributed by atoms with E-state index in [1.165, 1.54) is 4.31 Å². The van der Waals surface area contributed by atoms with Crippen LogP contribution in [-0.4, -0.2) is 26.6 Å². The zero-order chi connectivity index (χ0) is 12.3. The lowest BCUT2D eigenvalue weighted by Crippen LogP contribution is -2.35. The Morgan fingerprint density at radius 1 is 1.38 bits per heavy atom. The van der Waals surface area contributed by atoms with Crippen LogP contribution in [0, 0.1) is 6.92 Å². The Morgan fingerprint density at radius 2 is 1.94 bits per heavy atom. The van der Waals surface area contributed by atoms with Crippen molar-refractivity contribution in [2.45, 2.75) is 19.1 Å². The van der Waals surface area contributed by atoms with E-state index < -0.39 is 15.3 Å². The third-order valence-corrected chi connectivity index (χ3v) is 5.35. The third kappa shape index (κ3) is 2.50. The first-order chi connectivity index (χ1) is 7.41. The molecule has 0 aliphatic carbocycles. The first-order valence-corrected chi connectivity index (χ1v) is 7.04. The standard InChI is InChI=1S/C11H16ClNO2S/c1-9-6-4-5-7-11(9)13(3)16(14,15)10(2)8-12/h4-7,10H,8H2,1-3H3. The average Bonchev–Trinajstić information content (AvgIpc) is 2.27. The van der Waals surface area contributed by atoms with Gasteiger partial charge in [-0.1, -0.05) is 18.2 Å². The molecule has 0 aliphatic heterocycles. The predicted octanol–water partition coefficient (Wildman–Crippen LogP) is 2.39.